The van der Waals surface area contributed by atoms with Crippen molar-refractivity contribution in [1.82, 2.24) is 0 Å². The Morgan fingerprint density at radius 1 is 1.78 bits per heavy atom. The normalized spacial score (nSPS) is 6.89. The molecule has 0 saturated heterocycles. The van der Waals surface area contributed by atoms with E-state index in [-0.39, 0.29) is 63.1 Å². The first-order valence-electron chi connectivity index (χ1n) is 2.55. The summed E-state index contributed by atoms with van der Waals surface area (Å²) in [6, 6.07) is 0. The van der Waals surface area contributed by atoms with E-state index in [1.807, 2.05) is 6.92 Å². The molecule has 0 atom stereocenters. The van der Waals surface area contributed by atoms with Crippen LogP contribution in [-0.4, -0.2) is 11.7 Å². The first-order valence-corrected chi connectivity index (χ1v) is 9.26. The van der Waals surface area contributed by atoms with Gasteiger partial charge in [-0.05, 0) is 0 Å². The summed E-state index contributed by atoms with van der Waals surface area (Å²) < 4.78 is 5.90. The van der Waals surface area contributed by atoms with Gasteiger partial charge < -0.3 is 0 Å². The van der Waals surface area contributed by atoms with Crippen molar-refractivity contribution in [2.24, 2.45) is 0 Å². The zero-order valence-electron chi connectivity index (χ0n) is 5.85. The van der Waals surface area contributed by atoms with Crippen LogP contribution in [0.2, 0.25) is 3.93 Å². The van der Waals surface area contributed by atoms with Crippen molar-refractivity contribution in [3.63, 3.8) is 0 Å². The molecule has 0 spiro atoms. The first kappa shape index (κ1) is 13.9. The Kier molecular flexibility index (Phi) is 16.1. The van der Waals surface area contributed by atoms with Gasteiger partial charge in [0.05, 0.1) is 0 Å². The van der Waals surface area contributed by atoms with E-state index >= 15 is 0 Å². The molecular weight excluding hydrogens is 352 g/mol. The first-order chi connectivity index (χ1) is 3.81. The molecular formula is C4H7HgKO2S. The zero-order chi connectivity index (χ0) is 6.41. The van der Waals surface area contributed by atoms with Gasteiger partial charge in [0, 0.05) is 0 Å². The number of hydrogen-bond donors (Lipinski definition) is 0. The molecule has 0 aromatic carbocycles. The van der Waals surface area contributed by atoms with Gasteiger partial charge in [0.25, 0.3) is 0 Å². The minimum atomic E-state index is -1.18. The maximum absolute atomic E-state index is 10.3. The van der Waals surface area contributed by atoms with Crippen molar-refractivity contribution in [2.45, 2.75) is 10.9 Å². The molecule has 0 bridgehead atoms. The molecule has 0 radical (unpaired) electrons. The molecule has 0 amide bonds. The second-order valence-electron chi connectivity index (χ2n) is 1.36. The molecule has 9 heavy (non-hydrogen) atoms. The van der Waals surface area contributed by atoms with Crippen LogP contribution in [0.5, 0.6) is 0 Å². The molecule has 0 aliphatic carbocycles. The molecule has 44 valence electrons. The summed E-state index contributed by atoms with van der Waals surface area (Å²) >= 11 is 3.27. The van der Waals surface area contributed by atoms with Crippen molar-refractivity contribution < 1.29 is 83.9 Å². The van der Waals surface area contributed by atoms with E-state index in [4.69, 9.17) is 2.64 Å². The Bertz CT molecular complexity index is 81.0. The van der Waals surface area contributed by atoms with Crippen LogP contribution >= 0.6 is 0 Å². The van der Waals surface area contributed by atoms with Gasteiger partial charge in [-0.2, -0.15) is 0 Å². The van der Waals surface area contributed by atoms with E-state index in [1.54, 1.807) is 0 Å². The minimum absolute atomic E-state index is 0. The molecule has 0 aromatic rings. The molecule has 0 unspecified atom stereocenters. The van der Waals surface area contributed by atoms with Gasteiger partial charge in [-0.1, -0.05) is 0 Å². The molecule has 5 heteroatoms. The second-order valence-corrected chi connectivity index (χ2v) is 8.25. The number of carbonyl (C=O) groups is 1. The minimum Gasteiger partial charge on any atom is 1.00 e. The molecule has 0 N–H and O–H groups in total. The third-order valence-electron chi connectivity index (χ3n) is 0.585. The summed E-state index contributed by atoms with van der Waals surface area (Å²) in [5.74, 6) is -0.0662. The molecule has 0 saturated carbocycles. The third-order valence-corrected chi connectivity index (χ3v) is 4.45. The molecule has 0 aliphatic rings. The van der Waals surface area contributed by atoms with Gasteiger partial charge in [0.2, 0.25) is 0 Å². The van der Waals surface area contributed by atoms with Gasteiger partial charge >= 0.3 is 119 Å². The Morgan fingerprint density at radius 2 is 2.33 bits per heavy atom. The summed E-state index contributed by atoms with van der Waals surface area (Å²) in [7, 11) is 0. The standard InChI is InChI=1S/C2H4O2S.C2H5.Hg.K/c3-2(4)1-5;1-2;;/h5H,1H2,(H,3,4);1H2,2H3;;/q;;2*+1/p-2. The number of carbonyl (C=O) groups excluding carboxylic acids is 1. The van der Waals surface area contributed by atoms with E-state index in [9.17, 15) is 4.79 Å². The second kappa shape index (κ2) is 10.4. The summed E-state index contributed by atoms with van der Waals surface area (Å²) in [5.41, 5.74) is 0. The monoisotopic (exact) mass is 360 g/mol. The van der Waals surface area contributed by atoms with Crippen LogP contribution in [0.15, 0.2) is 0 Å². The molecule has 2 nitrogen and oxygen atoms in total. The van der Waals surface area contributed by atoms with Crippen molar-refractivity contribution in [3.8, 4) is 0 Å². The Hall–Kier alpha value is 2.39. The molecule has 0 aromatic heterocycles. The van der Waals surface area contributed by atoms with E-state index in [0.717, 1.165) is 3.93 Å². The van der Waals surface area contributed by atoms with Crippen LogP contribution in [0.25, 0.3) is 0 Å². The zero-order valence-corrected chi connectivity index (χ0v) is 15.3. The fraction of sp³-hybridized carbons (Fsp3) is 0.750. The van der Waals surface area contributed by atoms with Gasteiger partial charge in [-0.3, -0.25) is 0 Å². The fourth-order valence-electron chi connectivity index (χ4n) is 0.258. The Labute approximate surface area is 116 Å². The fourth-order valence-corrected chi connectivity index (χ4v) is 2.99. The van der Waals surface area contributed by atoms with Crippen LogP contribution in [0.4, 0.5) is 0 Å². The van der Waals surface area contributed by atoms with Crippen LogP contribution in [0.1, 0.15) is 6.92 Å². The molecule has 0 fully saturated rings. The van der Waals surface area contributed by atoms with E-state index in [2.05, 4.69) is 12.6 Å². The predicted molar refractivity (Wildman–Crippen MR) is 28.8 cm³/mol. The predicted octanol–water partition coefficient (Wildman–Crippen LogP) is -2.48. The van der Waals surface area contributed by atoms with Crippen molar-refractivity contribution in [2.75, 3.05) is 5.75 Å². The summed E-state index contributed by atoms with van der Waals surface area (Å²) in [4.78, 5) is 10.3. The van der Waals surface area contributed by atoms with Gasteiger partial charge in [-0.25, -0.2) is 0 Å². The van der Waals surface area contributed by atoms with Crippen LogP contribution < -0.4 is 51.4 Å². The smallest absolute Gasteiger partial charge is 1.00 e. The van der Waals surface area contributed by atoms with Gasteiger partial charge in [0.1, 0.15) is 0 Å². The van der Waals surface area contributed by atoms with E-state index in [0.29, 0.717) is 0 Å². The summed E-state index contributed by atoms with van der Waals surface area (Å²) in [6.45, 7) is 2.04. The quantitative estimate of drug-likeness (QED) is 0.413. The van der Waals surface area contributed by atoms with E-state index in [1.165, 1.54) is 0 Å². The molecule has 0 rings (SSSR count). The maximum Gasteiger partial charge on any atom is 1.00 e. The molecule has 0 heterocycles. The molecule has 0 aliphatic heterocycles. The largest absolute Gasteiger partial charge is 1.00 e. The van der Waals surface area contributed by atoms with Crippen LogP contribution in [-0.2, 0) is 45.1 Å². The van der Waals surface area contributed by atoms with Gasteiger partial charge in [-0.15, -0.1) is 0 Å². The third kappa shape index (κ3) is 10.4. The maximum atomic E-state index is 10.3. The van der Waals surface area contributed by atoms with Crippen LogP contribution in [0.3, 0.4) is 0 Å². The van der Waals surface area contributed by atoms with Crippen LogP contribution in [0, 0.1) is 0 Å². The number of hydrogen-bond acceptors (Lipinski definition) is 3. The Balaban J connectivity index is 0. The summed E-state index contributed by atoms with van der Waals surface area (Å²) in [6.07, 6.45) is 0. The van der Waals surface area contributed by atoms with E-state index < -0.39 is 25.0 Å². The Morgan fingerprint density at radius 3 is 2.67 bits per heavy atom. The van der Waals surface area contributed by atoms with Gasteiger partial charge in [0.15, 0.2) is 0 Å². The SMILES string of the molecule is C[CH2][Hg][O]C(=O)C[S-].[K+]. The topological polar surface area (TPSA) is 26.3 Å². The average molecular weight is 359 g/mol. The van der Waals surface area contributed by atoms with Crippen molar-refractivity contribution >= 4 is 18.6 Å². The number of rotatable bonds is 3. The summed E-state index contributed by atoms with van der Waals surface area (Å²) in [5, 5.41) is 0. The van der Waals surface area contributed by atoms with Crippen molar-refractivity contribution in [3.05, 3.63) is 0 Å². The van der Waals surface area contributed by atoms with Crippen molar-refractivity contribution in [1.29, 1.82) is 0 Å². The average Bonchev–Trinajstić information content (AvgIpc) is 1.83.